The maximum atomic E-state index is 9.49. The number of ether oxygens (including phenoxy) is 1. The number of hydrogen-bond donors (Lipinski definition) is 2. The van der Waals surface area contributed by atoms with Gasteiger partial charge in [-0.05, 0) is 32.4 Å². The molecule has 2 N–H and O–H groups in total. The molecule has 0 saturated carbocycles. The number of nitrogens with zero attached hydrogens (tertiary/aromatic N) is 1. The van der Waals surface area contributed by atoms with Crippen molar-refractivity contribution >= 4 is 0 Å². The molecule has 0 fully saturated rings. The minimum Gasteiger partial charge on any atom is -0.489 e. The van der Waals surface area contributed by atoms with Crippen LogP contribution in [0.25, 0.3) is 0 Å². The van der Waals surface area contributed by atoms with E-state index in [1.807, 2.05) is 6.92 Å². The quantitative estimate of drug-likeness (QED) is 0.781. The standard InChI is InChI=1S/C11H17NO3/c1-8-4-9(6-13)12-5-10(8)15-7-11(2,3)14/h4-5,13-14H,6-7H2,1-3H3. The maximum absolute atomic E-state index is 9.49. The molecule has 0 aliphatic rings. The Balaban J connectivity index is 2.70. The third-order valence-electron chi connectivity index (χ3n) is 1.86. The van der Waals surface area contributed by atoms with Crippen LogP contribution in [0.1, 0.15) is 25.1 Å². The molecule has 0 amide bonds. The summed E-state index contributed by atoms with van der Waals surface area (Å²) in [6.45, 7) is 5.37. The lowest BCUT2D eigenvalue weighted by Crippen LogP contribution is -2.28. The molecule has 0 radical (unpaired) electrons. The number of aromatic nitrogens is 1. The molecule has 0 aliphatic carbocycles. The van der Waals surface area contributed by atoms with Crippen molar-refractivity contribution < 1.29 is 14.9 Å². The summed E-state index contributed by atoms with van der Waals surface area (Å²) in [7, 11) is 0. The van der Waals surface area contributed by atoms with Gasteiger partial charge in [-0.1, -0.05) is 0 Å². The number of pyridine rings is 1. The van der Waals surface area contributed by atoms with Crippen LogP contribution in [0.15, 0.2) is 12.3 Å². The van der Waals surface area contributed by atoms with Gasteiger partial charge in [0.1, 0.15) is 12.4 Å². The normalized spacial score (nSPS) is 11.5. The fraction of sp³-hybridized carbons (Fsp3) is 0.545. The summed E-state index contributed by atoms with van der Waals surface area (Å²) < 4.78 is 5.41. The van der Waals surface area contributed by atoms with Crippen LogP contribution < -0.4 is 4.74 Å². The van der Waals surface area contributed by atoms with Crippen molar-refractivity contribution in [1.29, 1.82) is 0 Å². The van der Waals surface area contributed by atoms with Crippen LogP contribution in [0.4, 0.5) is 0 Å². The second-order valence-electron chi connectivity index (χ2n) is 4.20. The predicted molar refractivity (Wildman–Crippen MR) is 56.7 cm³/mol. The smallest absolute Gasteiger partial charge is 0.140 e. The highest BCUT2D eigenvalue weighted by Crippen LogP contribution is 2.18. The van der Waals surface area contributed by atoms with E-state index in [-0.39, 0.29) is 13.2 Å². The zero-order valence-corrected chi connectivity index (χ0v) is 9.32. The molecule has 4 nitrogen and oxygen atoms in total. The lowest BCUT2D eigenvalue weighted by atomic mass is 10.1. The van der Waals surface area contributed by atoms with Gasteiger partial charge in [-0.2, -0.15) is 0 Å². The highest BCUT2D eigenvalue weighted by Gasteiger charge is 2.14. The van der Waals surface area contributed by atoms with Gasteiger partial charge in [0.15, 0.2) is 0 Å². The molecule has 1 aromatic rings. The zero-order chi connectivity index (χ0) is 11.5. The van der Waals surface area contributed by atoms with E-state index < -0.39 is 5.60 Å². The number of aliphatic hydroxyl groups is 2. The second kappa shape index (κ2) is 4.59. The fourth-order valence-corrected chi connectivity index (χ4v) is 1.09. The molecular formula is C11H17NO3. The van der Waals surface area contributed by atoms with Crippen LogP contribution in [0.2, 0.25) is 0 Å². The minimum atomic E-state index is -0.859. The lowest BCUT2D eigenvalue weighted by Gasteiger charge is -2.18. The van der Waals surface area contributed by atoms with Gasteiger partial charge in [-0.15, -0.1) is 0 Å². The molecule has 0 aromatic carbocycles. The second-order valence-corrected chi connectivity index (χ2v) is 4.20. The Morgan fingerprint density at radius 3 is 2.60 bits per heavy atom. The molecule has 1 rings (SSSR count). The average Bonchev–Trinajstić information content (AvgIpc) is 2.14. The molecule has 15 heavy (non-hydrogen) atoms. The van der Waals surface area contributed by atoms with Crippen molar-refractivity contribution in [2.75, 3.05) is 6.61 Å². The molecule has 0 spiro atoms. The van der Waals surface area contributed by atoms with Gasteiger partial charge >= 0.3 is 0 Å². The lowest BCUT2D eigenvalue weighted by molar-refractivity contribution is 0.0281. The molecule has 0 unspecified atom stereocenters. The van der Waals surface area contributed by atoms with Gasteiger partial charge in [0.25, 0.3) is 0 Å². The van der Waals surface area contributed by atoms with E-state index in [2.05, 4.69) is 4.98 Å². The van der Waals surface area contributed by atoms with Crippen LogP contribution in [-0.4, -0.2) is 27.4 Å². The summed E-state index contributed by atoms with van der Waals surface area (Å²) in [4.78, 5) is 4.00. The molecule has 1 heterocycles. The number of aliphatic hydroxyl groups excluding tert-OH is 1. The third kappa shape index (κ3) is 3.85. The minimum absolute atomic E-state index is 0.0768. The van der Waals surface area contributed by atoms with E-state index in [9.17, 15) is 5.11 Å². The van der Waals surface area contributed by atoms with Crippen molar-refractivity contribution in [3.05, 3.63) is 23.5 Å². The Labute approximate surface area is 89.5 Å². The predicted octanol–water partition coefficient (Wildman–Crippen LogP) is 1.03. The van der Waals surface area contributed by atoms with Crippen LogP contribution in [0.5, 0.6) is 5.75 Å². The van der Waals surface area contributed by atoms with E-state index in [1.165, 1.54) is 0 Å². The number of aryl methyl sites for hydroxylation is 1. The largest absolute Gasteiger partial charge is 0.489 e. The van der Waals surface area contributed by atoms with E-state index >= 15 is 0 Å². The molecular weight excluding hydrogens is 194 g/mol. The SMILES string of the molecule is Cc1cc(CO)ncc1OCC(C)(C)O. The van der Waals surface area contributed by atoms with Gasteiger partial charge in [-0.3, -0.25) is 4.98 Å². The van der Waals surface area contributed by atoms with E-state index in [4.69, 9.17) is 9.84 Å². The first-order chi connectivity index (χ1) is 6.92. The molecule has 84 valence electrons. The molecule has 0 atom stereocenters. The van der Waals surface area contributed by atoms with Crippen LogP contribution in [-0.2, 0) is 6.61 Å². The van der Waals surface area contributed by atoms with E-state index in [0.717, 1.165) is 5.56 Å². The molecule has 0 aliphatic heterocycles. The van der Waals surface area contributed by atoms with Crippen molar-refractivity contribution in [3.63, 3.8) is 0 Å². The van der Waals surface area contributed by atoms with Crippen LogP contribution >= 0.6 is 0 Å². The van der Waals surface area contributed by atoms with Crippen molar-refractivity contribution in [1.82, 2.24) is 4.98 Å². The number of hydrogen-bond acceptors (Lipinski definition) is 4. The van der Waals surface area contributed by atoms with E-state index in [0.29, 0.717) is 11.4 Å². The Kier molecular flexibility index (Phi) is 3.66. The van der Waals surface area contributed by atoms with Gasteiger partial charge in [0.2, 0.25) is 0 Å². The first-order valence-corrected chi connectivity index (χ1v) is 4.84. The highest BCUT2D eigenvalue weighted by atomic mass is 16.5. The highest BCUT2D eigenvalue weighted by molar-refractivity contribution is 5.31. The van der Waals surface area contributed by atoms with Crippen molar-refractivity contribution in [2.45, 2.75) is 33.0 Å². The zero-order valence-electron chi connectivity index (χ0n) is 9.32. The summed E-state index contributed by atoms with van der Waals surface area (Å²) >= 11 is 0. The molecule has 1 aromatic heterocycles. The summed E-state index contributed by atoms with van der Waals surface area (Å²) in [5.41, 5.74) is 0.656. The summed E-state index contributed by atoms with van der Waals surface area (Å²) in [5.74, 6) is 0.634. The molecule has 0 saturated heterocycles. The Hall–Kier alpha value is -1.13. The fourth-order valence-electron chi connectivity index (χ4n) is 1.09. The first-order valence-electron chi connectivity index (χ1n) is 4.84. The molecule has 0 bridgehead atoms. The van der Waals surface area contributed by atoms with Gasteiger partial charge < -0.3 is 14.9 Å². The maximum Gasteiger partial charge on any atom is 0.140 e. The summed E-state index contributed by atoms with van der Waals surface area (Å²) in [6, 6.07) is 1.76. The summed E-state index contributed by atoms with van der Waals surface area (Å²) in [5, 5.41) is 18.4. The Morgan fingerprint density at radius 2 is 2.13 bits per heavy atom. The first kappa shape index (κ1) is 11.9. The van der Waals surface area contributed by atoms with E-state index in [1.54, 1.807) is 26.1 Å². The van der Waals surface area contributed by atoms with Crippen molar-refractivity contribution in [3.8, 4) is 5.75 Å². The van der Waals surface area contributed by atoms with Gasteiger partial charge in [-0.25, -0.2) is 0 Å². The number of rotatable bonds is 4. The topological polar surface area (TPSA) is 62.6 Å². The van der Waals surface area contributed by atoms with Crippen molar-refractivity contribution in [2.24, 2.45) is 0 Å². The van der Waals surface area contributed by atoms with Gasteiger partial charge in [0.05, 0.1) is 24.1 Å². The monoisotopic (exact) mass is 211 g/mol. The third-order valence-corrected chi connectivity index (χ3v) is 1.86. The summed E-state index contributed by atoms with van der Waals surface area (Å²) in [6.07, 6.45) is 1.56. The van der Waals surface area contributed by atoms with Crippen LogP contribution in [0, 0.1) is 6.92 Å². The Morgan fingerprint density at radius 1 is 1.47 bits per heavy atom. The average molecular weight is 211 g/mol. The molecule has 4 heteroatoms. The van der Waals surface area contributed by atoms with Crippen LogP contribution in [0.3, 0.4) is 0 Å². The van der Waals surface area contributed by atoms with Gasteiger partial charge in [0, 0.05) is 0 Å². The Bertz CT molecular complexity index is 331.